The summed E-state index contributed by atoms with van der Waals surface area (Å²) in [7, 11) is 0. The highest BCUT2D eigenvalue weighted by Gasteiger charge is 2.16. The van der Waals surface area contributed by atoms with Crippen LogP contribution in [0.5, 0.6) is 0 Å². The minimum Gasteiger partial charge on any atom is -0.299 e. The second kappa shape index (κ2) is 8.32. The zero-order valence-electron chi connectivity index (χ0n) is 17.1. The highest BCUT2D eigenvalue weighted by molar-refractivity contribution is 6.32. The molecule has 0 bridgehead atoms. The largest absolute Gasteiger partial charge is 0.299 e. The van der Waals surface area contributed by atoms with Crippen molar-refractivity contribution in [1.82, 2.24) is 25.0 Å². The molecule has 4 rings (SSSR count). The molecule has 1 aromatic carbocycles. The maximum atomic E-state index is 12.9. The van der Waals surface area contributed by atoms with Gasteiger partial charge in [0, 0.05) is 30.6 Å². The number of hydrogen-bond donors (Lipinski definition) is 0. The number of Topliss-reactive ketones (excluding diaryl/α,β-unsaturated/α-hetero) is 1. The molecule has 0 N–H and O–H groups in total. The SMILES string of the molecule is Cc1ccc2ncc(CC(=O)Cc3cnc(-n4nccn4)c(Cl)c3)c(C(C)C)c2c1. The number of fused-ring (bicyclic) bond motifs is 1. The maximum absolute atomic E-state index is 12.9. The fourth-order valence-corrected chi connectivity index (χ4v) is 4.00. The Balaban J connectivity index is 1.58. The fourth-order valence-electron chi connectivity index (χ4n) is 3.73. The van der Waals surface area contributed by atoms with Crippen molar-refractivity contribution >= 4 is 28.3 Å². The summed E-state index contributed by atoms with van der Waals surface area (Å²) in [4.78, 5) is 23.1. The Kier molecular flexibility index (Phi) is 5.59. The molecule has 0 aliphatic heterocycles. The molecule has 152 valence electrons. The Morgan fingerprint density at radius 3 is 2.53 bits per heavy atom. The molecule has 30 heavy (non-hydrogen) atoms. The van der Waals surface area contributed by atoms with Gasteiger partial charge in [0.1, 0.15) is 5.78 Å². The van der Waals surface area contributed by atoms with Crippen LogP contribution >= 0.6 is 11.6 Å². The number of rotatable bonds is 6. The highest BCUT2D eigenvalue weighted by Crippen LogP contribution is 2.29. The van der Waals surface area contributed by atoms with Crippen LogP contribution in [0.25, 0.3) is 16.7 Å². The lowest BCUT2D eigenvalue weighted by Gasteiger charge is -2.16. The summed E-state index contributed by atoms with van der Waals surface area (Å²) >= 11 is 6.33. The van der Waals surface area contributed by atoms with Gasteiger partial charge in [-0.1, -0.05) is 37.1 Å². The number of carbonyl (C=O) groups is 1. The van der Waals surface area contributed by atoms with Crippen LogP contribution in [0.4, 0.5) is 0 Å². The second-order valence-electron chi connectivity index (χ2n) is 7.73. The van der Waals surface area contributed by atoms with Crippen molar-refractivity contribution in [2.45, 2.75) is 39.5 Å². The lowest BCUT2D eigenvalue weighted by molar-refractivity contribution is -0.117. The van der Waals surface area contributed by atoms with E-state index in [9.17, 15) is 4.79 Å². The Labute approximate surface area is 179 Å². The summed E-state index contributed by atoms with van der Waals surface area (Å²) in [5.41, 5.74) is 5.07. The molecule has 7 heteroatoms. The third-order valence-corrected chi connectivity index (χ3v) is 5.28. The highest BCUT2D eigenvalue weighted by atomic mass is 35.5. The van der Waals surface area contributed by atoms with Gasteiger partial charge in [-0.2, -0.15) is 10.2 Å². The molecule has 0 aliphatic carbocycles. The first kappa shape index (κ1) is 20.2. The molecule has 0 radical (unpaired) electrons. The van der Waals surface area contributed by atoms with E-state index in [-0.39, 0.29) is 18.1 Å². The molecular weight excluding hydrogens is 398 g/mol. The molecule has 0 saturated carbocycles. The van der Waals surface area contributed by atoms with Gasteiger partial charge in [-0.05, 0) is 47.7 Å². The van der Waals surface area contributed by atoms with E-state index in [0.29, 0.717) is 17.3 Å². The van der Waals surface area contributed by atoms with Gasteiger partial charge >= 0.3 is 0 Å². The van der Waals surface area contributed by atoms with Crippen molar-refractivity contribution in [3.63, 3.8) is 0 Å². The van der Waals surface area contributed by atoms with Crippen LogP contribution in [0.1, 0.15) is 42.0 Å². The first-order valence-electron chi connectivity index (χ1n) is 9.83. The molecule has 0 unspecified atom stereocenters. The van der Waals surface area contributed by atoms with Gasteiger partial charge in [0.2, 0.25) is 0 Å². The number of carbonyl (C=O) groups excluding carboxylic acids is 1. The summed E-state index contributed by atoms with van der Waals surface area (Å²) in [5.74, 6) is 0.819. The number of aromatic nitrogens is 5. The van der Waals surface area contributed by atoms with E-state index in [2.05, 4.69) is 53.1 Å². The normalized spacial score (nSPS) is 11.4. The van der Waals surface area contributed by atoms with E-state index < -0.39 is 0 Å². The summed E-state index contributed by atoms with van der Waals surface area (Å²) in [6.45, 7) is 6.37. The fraction of sp³-hybridized carbons (Fsp3) is 0.261. The smallest absolute Gasteiger partial charge is 0.193 e. The molecule has 0 saturated heterocycles. The Morgan fingerprint density at radius 2 is 1.83 bits per heavy atom. The van der Waals surface area contributed by atoms with Crippen LogP contribution in [-0.4, -0.2) is 30.7 Å². The minimum absolute atomic E-state index is 0.0912. The van der Waals surface area contributed by atoms with Crippen LogP contribution < -0.4 is 0 Å². The summed E-state index contributed by atoms with van der Waals surface area (Å²) < 4.78 is 0. The van der Waals surface area contributed by atoms with Crippen LogP contribution in [0.3, 0.4) is 0 Å². The number of benzene rings is 1. The van der Waals surface area contributed by atoms with Gasteiger partial charge in [0.25, 0.3) is 0 Å². The molecule has 0 atom stereocenters. The molecule has 0 fully saturated rings. The predicted octanol–water partition coefficient (Wildman–Crippen LogP) is 4.65. The Bertz CT molecular complexity index is 1220. The molecular formula is C23H22ClN5O. The first-order valence-corrected chi connectivity index (χ1v) is 10.2. The maximum Gasteiger partial charge on any atom is 0.193 e. The van der Waals surface area contributed by atoms with Crippen molar-refractivity contribution in [2.24, 2.45) is 0 Å². The standard InChI is InChI=1S/C23H22ClN5O/c1-14(2)22-17(13-25-21-5-4-15(3)8-19(21)22)11-18(30)9-16-10-20(24)23(26-12-16)29-27-6-7-28-29/h4-8,10,12-14H,9,11H2,1-3H3. The van der Waals surface area contributed by atoms with Crippen molar-refractivity contribution in [3.8, 4) is 5.82 Å². The summed E-state index contributed by atoms with van der Waals surface area (Å²) in [6.07, 6.45) is 7.17. The van der Waals surface area contributed by atoms with E-state index in [1.54, 1.807) is 24.7 Å². The van der Waals surface area contributed by atoms with E-state index in [1.807, 2.05) is 12.3 Å². The predicted molar refractivity (Wildman–Crippen MR) is 117 cm³/mol. The topological polar surface area (TPSA) is 73.6 Å². The van der Waals surface area contributed by atoms with Crippen LogP contribution in [0.15, 0.2) is 49.1 Å². The number of ketones is 1. The quantitative estimate of drug-likeness (QED) is 0.454. The van der Waals surface area contributed by atoms with Gasteiger partial charge in [-0.3, -0.25) is 9.78 Å². The number of nitrogens with zero attached hydrogens (tertiary/aromatic N) is 5. The van der Waals surface area contributed by atoms with E-state index >= 15 is 0 Å². The van der Waals surface area contributed by atoms with E-state index in [0.717, 1.165) is 22.0 Å². The number of pyridine rings is 2. The molecule has 3 aromatic heterocycles. The summed E-state index contributed by atoms with van der Waals surface area (Å²) in [6, 6.07) is 7.99. The number of hydrogen-bond acceptors (Lipinski definition) is 5. The van der Waals surface area contributed by atoms with Crippen molar-refractivity contribution in [1.29, 1.82) is 0 Å². The third kappa shape index (κ3) is 4.09. The second-order valence-corrected chi connectivity index (χ2v) is 8.14. The zero-order chi connectivity index (χ0) is 21.3. The van der Waals surface area contributed by atoms with Gasteiger partial charge in [0.15, 0.2) is 5.82 Å². The molecule has 6 nitrogen and oxygen atoms in total. The first-order chi connectivity index (χ1) is 14.4. The lowest BCUT2D eigenvalue weighted by atomic mass is 9.90. The van der Waals surface area contributed by atoms with E-state index in [4.69, 9.17) is 11.6 Å². The Morgan fingerprint density at radius 1 is 1.07 bits per heavy atom. The molecule has 0 aliphatic rings. The van der Waals surface area contributed by atoms with Crippen molar-refractivity contribution in [3.05, 3.63) is 76.3 Å². The number of halogens is 1. The lowest BCUT2D eigenvalue weighted by Crippen LogP contribution is -2.11. The monoisotopic (exact) mass is 419 g/mol. The van der Waals surface area contributed by atoms with Crippen LogP contribution in [0, 0.1) is 6.92 Å². The Hall–Kier alpha value is -3.12. The van der Waals surface area contributed by atoms with Crippen molar-refractivity contribution < 1.29 is 4.79 Å². The molecule has 3 heterocycles. The van der Waals surface area contributed by atoms with Gasteiger partial charge in [-0.15, -0.1) is 4.80 Å². The van der Waals surface area contributed by atoms with Gasteiger partial charge in [-0.25, -0.2) is 4.98 Å². The average Bonchev–Trinajstić information content (AvgIpc) is 3.21. The molecule has 0 amide bonds. The zero-order valence-corrected chi connectivity index (χ0v) is 17.9. The molecule has 0 spiro atoms. The van der Waals surface area contributed by atoms with Gasteiger partial charge in [0.05, 0.1) is 22.9 Å². The molecule has 4 aromatic rings. The average molecular weight is 420 g/mol. The third-order valence-electron chi connectivity index (χ3n) is 5.00. The summed E-state index contributed by atoms with van der Waals surface area (Å²) in [5, 5.41) is 9.60. The van der Waals surface area contributed by atoms with Crippen LogP contribution in [-0.2, 0) is 17.6 Å². The number of aryl methyl sites for hydroxylation is 1. The van der Waals surface area contributed by atoms with E-state index in [1.165, 1.54) is 15.9 Å². The van der Waals surface area contributed by atoms with Crippen LogP contribution in [0.2, 0.25) is 5.02 Å². The van der Waals surface area contributed by atoms with Gasteiger partial charge < -0.3 is 0 Å². The van der Waals surface area contributed by atoms with Crippen molar-refractivity contribution in [2.75, 3.05) is 0 Å². The minimum atomic E-state index is 0.0912.